The van der Waals surface area contributed by atoms with Gasteiger partial charge in [0.15, 0.2) is 0 Å². The highest BCUT2D eigenvalue weighted by molar-refractivity contribution is 6.27. The highest BCUT2D eigenvalue weighted by Crippen LogP contribution is 2.24. The zero-order chi connectivity index (χ0) is 11.3. The molecular weight excluding hydrogens is 214 g/mol. The summed E-state index contributed by atoms with van der Waals surface area (Å²) in [6, 6.07) is 7.46. The van der Waals surface area contributed by atoms with E-state index in [-0.39, 0.29) is 17.8 Å². The molecular formula is C11H14ClNO2. The standard InChI is InChI=1S/C11H14ClNO2/c1-8(13-11(14)7-12)9-5-3-4-6-10(9)15-2/h3-6,8H,7H2,1-2H3,(H,13,14)/t8-/m0/s1. The van der Waals surface area contributed by atoms with Gasteiger partial charge in [-0.15, -0.1) is 11.6 Å². The Hall–Kier alpha value is -1.22. The molecule has 1 rings (SSSR count). The Morgan fingerprint density at radius 1 is 1.53 bits per heavy atom. The number of methoxy groups -OCH3 is 1. The summed E-state index contributed by atoms with van der Waals surface area (Å²) in [6.45, 7) is 1.89. The number of para-hydroxylation sites is 1. The number of carbonyl (C=O) groups excluding carboxylic acids is 1. The molecule has 15 heavy (non-hydrogen) atoms. The Kier molecular flexibility index (Phi) is 4.43. The van der Waals surface area contributed by atoms with Crippen LogP contribution in [0, 0.1) is 0 Å². The predicted molar refractivity (Wildman–Crippen MR) is 60.3 cm³/mol. The number of nitrogens with one attached hydrogen (secondary N) is 1. The molecule has 1 atom stereocenters. The van der Waals surface area contributed by atoms with E-state index in [1.165, 1.54) is 0 Å². The third-order valence-corrected chi connectivity index (χ3v) is 2.35. The molecule has 4 heteroatoms. The number of carbonyl (C=O) groups is 1. The molecule has 0 saturated heterocycles. The second kappa shape index (κ2) is 5.61. The van der Waals surface area contributed by atoms with Crippen LogP contribution in [0.4, 0.5) is 0 Å². The summed E-state index contributed by atoms with van der Waals surface area (Å²) in [4.78, 5) is 11.1. The van der Waals surface area contributed by atoms with Gasteiger partial charge in [-0.3, -0.25) is 4.79 Å². The summed E-state index contributed by atoms with van der Waals surface area (Å²) in [5, 5.41) is 2.77. The largest absolute Gasteiger partial charge is 0.496 e. The van der Waals surface area contributed by atoms with Gasteiger partial charge in [0, 0.05) is 5.56 Å². The molecule has 0 bridgehead atoms. The lowest BCUT2D eigenvalue weighted by atomic mass is 10.1. The minimum absolute atomic E-state index is 0.0283. The van der Waals surface area contributed by atoms with E-state index in [0.29, 0.717) is 0 Å². The third-order valence-electron chi connectivity index (χ3n) is 2.10. The van der Waals surface area contributed by atoms with Crippen molar-refractivity contribution in [2.75, 3.05) is 13.0 Å². The zero-order valence-electron chi connectivity index (χ0n) is 8.79. The van der Waals surface area contributed by atoms with Gasteiger partial charge in [0.25, 0.3) is 0 Å². The van der Waals surface area contributed by atoms with Crippen LogP contribution in [0.2, 0.25) is 0 Å². The molecule has 1 N–H and O–H groups in total. The van der Waals surface area contributed by atoms with Crippen molar-refractivity contribution in [3.05, 3.63) is 29.8 Å². The molecule has 0 heterocycles. The van der Waals surface area contributed by atoms with E-state index in [4.69, 9.17) is 16.3 Å². The molecule has 0 saturated carbocycles. The number of alkyl halides is 1. The van der Waals surface area contributed by atoms with Gasteiger partial charge >= 0.3 is 0 Å². The molecule has 0 aliphatic heterocycles. The van der Waals surface area contributed by atoms with Crippen LogP contribution in [0.5, 0.6) is 5.75 Å². The second-order valence-corrected chi connectivity index (χ2v) is 3.43. The van der Waals surface area contributed by atoms with E-state index in [2.05, 4.69) is 5.32 Å². The fraction of sp³-hybridized carbons (Fsp3) is 0.364. The molecule has 3 nitrogen and oxygen atoms in total. The van der Waals surface area contributed by atoms with Crippen LogP contribution >= 0.6 is 11.6 Å². The molecule has 1 aromatic rings. The summed E-state index contributed by atoms with van der Waals surface area (Å²) < 4.78 is 5.20. The Bertz CT molecular complexity index is 341. The van der Waals surface area contributed by atoms with Crippen molar-refractivity contribution in [2.24, 2.45) is 0 Å². The lowest BCUT2D eigenvalue weighted by Crippen LogP contribution is -2.27. The maximum atomic E-state index is 11.1. The number of hydrogen-bond acceptors (Lipinski definition) is 2. The number of halogens is 1. The number of amides is 1. The monoisotopic (exact) mass is 227 g/mol. The van der Waals surface area contributed by atoms with Crippen LogP contribution in [-0.2, 0) is 4.79 Å². The van der Waals surface area contributed by atoms with E-state index in [1.807, 2.05) is 31.2 Å². The molecule has 82 valence electrons. The van der Waals surface area contributed by atoms with Gasteiger partial charge in [-0.2, -0.15) is 0 Å². The Labute approximate surface area is 94.4 Å². The first-order valence-electron chi connectivity index (χ1n) is 4.67. The van der Waals surface area contributed by atoms with E-state index in [9.17, 15) is 4.79 Å². The maximum absolute atomic E-state index is 11.1. The summed E-state index contributed by atoms with van der Waals surface area (Å²) in [7, 11) is 1.61. The fourth-order valence-corrected chi connectivity index (χ4v) is 1.46. The highest BCUT2D eigenvalue weighted by atomic mass is 35.5. The van der Waals surface area contributed by atoms with Crippen LogP contribution in [0.3, 0.4) is 0 Å². The van der Waals surface area contributed by atoms with Gasteiger partial charge in [0.2, 0.25) is 5.91 Å². The van der Waals surface area contributed by atoms with Crippen molar-refractivity contribution in [3.8, 4) is 5.75 Å². The van der Waals surface area contributed by atoms with E-state index >= 15 is 0 Å². The minimum atomic E-state index is -0.185. The number of benzene rings is 1. The van der Waals surface area contributed by atoms with Crippen molar-refractivity contribution in [2.45, 2.75) is 13.0 Å². The quantitative estimate of drug-likeness (QED) is 0.801. The van der Waals surface area contributed by atoms with Crippen LogP contribution in [-0.4, -0.2) is 18.9 Å². The maximum Gasteiger partial charge on any atom is 0.235 e. The fourth-order valence-electron chi connectivity index (χ4n) is 1.38. The SMILES string of the molecule is COc1ccccc1[C@H](C)NC(=O)CCl. The minimum Gasteiger partial charge on any atom is -0.496 e. The van der Waals surface area contributed by atoms with E-state index < -0.39 is 0 Å². The van der Waals surface area contributed by atoms with Crippen LogP contribution in [0.1, 0.15) is 18.5 Å². The molecule has 1 aromatic carbocycles. The van der Waals surface area contributed by atoms with Crippen molar-refractivity contribution < 1.29 is 9.53 Å². The average molecular weight is 228 g/mol. The van der Waals surface area contributed by atoms with Crippen LogP contribution < -0.4 is 10.1 Å². The molecule has 0 spiro atoms. The normalized spacial score (nSPS) is 11.9. The smallest absolute Gasteiger partial charge is 0.235 e. The molecule has 1 amide bonds. The number of hydrogen-bond donors (Lipinski definition) is 1. The van der Waals surface area contributed by atoms with Gasteiger partial charge in [-0.1, -0.05) is 18.2 Å². The van der Waals surface area contributed by atoms with Gasteiger partial charge in [0.1, 0.15) is 11.6 Å². The summed E-state index contributed by atoms with van der Waals surface area (Å²) >= 11 is 5.41. The Morgan fingerprint density at radius 2 is 2.20 bits per heavy atom. The van der Waals surface area contributed by atoms with Gasteiger partial charge in [0.05, 0.1) is 13.2 Å². The summed E-state index contributed by atoms with van der Waals surface area (Å²) in [5.74, 6) is 0.550. The van der Waals surface area contributed by atoms with Crippen molar-refractivity contribution in [1.82, 2.24) is 5.32 Å². The van der Waals surface area contributed by atoms with Gasteiger partial charge < -0.3 is 10.1 Å². The molecule has 0 aliphatic rings. The predicted octanol–water partition coefficient (Wildman–Crippen LogP) is 2.11. The molecule has 0 fully saturated rings. The number of rotatable bonds is 4. The van der Waals surface area contributed by atoms with Gasteiger partial charge in [-0.05, 0) is 13.0 Å². The van der Waals surface area contributed by atoms with Crippen LogP contribution in [0.15, 0.2) is 24.3 Å². The van der Waals surface area contributed by atoms with Crippen molar-refractivity contribution >= 4 is 17.5 Å². The summed E-state index contributed by atoms with van der Waals surface area (Å²) in [6.07, 6.45) is 0. The van der Waals surface area contributed by atoms with Crippen LogP contribution in [0.25, 0.3) is 0 Å². The average Bonchev–Trinajstić information content (AvgIpc) is 2.28. The second-order valence-electron chi connectivity index (χ2n) is 3.16. The summed E-state index contributed by atoms with van der Waals surface area (Å²) in [5.41, 5.74) is 0.943. The topological polar surface area (TPSA) is 38.3 Å². The van der Waals surface area contributed by atoms with Gasteiger partial charge in [-0.25, -0.2) is 0 Å². The number of ether oxygens (including phenoxy) is 1. The molecule has 0 unspecified atom stereocenters. The first kappa shape index (κ1) is 11.9. The van der Waals surface area contributed by atoms with Crippen molar-refractivity contribution in [1.29, 1.82) is 0 Å². The lowest BCUT2D eigenvalue weighted by Gasteiger charge is -2.16. The van der Waals surface area contributed by atoms with E-state index in [1.54, 1.807) is 7.11 Å². The van der Waals surface area contributed by atoms with Crippen molar-refractivity contribution in [3.63, 3.8) is 0 Å². The molecule has 0 aliphatic carbocycles. The lowest BCUT2D eigenvalue weighted by molar-refractivity contribution is -0.119. The highest BCUT2D eigenvalue weighted by Gasteiger charge is 2.12. The Balaban J connectivity index is 2.80. The molecule has 0 aromatic heterocycles. The third kappa shape index (κ3) is 3.13. The Morgan fingerprint density at radius 3 is 2.80 bits per heavy atom. The van der Waals surface area contributed by atoms with E-state index in [0.717, 1.165) is 11.3 Å². The molecule has 0 radical (unpaired) electrons. The first-order chi connectivity index (χ1) is 7.19. The first-order valence-corrected chi connectivity index (χ1v) is 5.20. The zero-order valence-corrected chi connectivity index (χ0v) is 9.54.